The van der Waals surface area contributed by atoms with Gasteiger partial charge >= 0.3 is 0 Å². The lowest BCUT2D eigenvalue weighted by molar-refractivity contribution is 0.303. The molecule has 0 amide bonds. The van der Waals surface area contributed by atoms with Gasteiger partial charge in [0, 0.05) is 11.1 Å². The van der Waals surface area contributed by atoms with E-state index in [0.717, 1.165) is 42.3 Å². The first-order valence-electron chi connectivity index (χ1n) is 7.67. The van der Waals surface area contributed by atoms with E-state index in [1.807, 2.05) is 35.0 Å². The van der Waals surface area contributed by atoms with Crippen molar-refractivity contribution in [3.8, 4) is 28.5 Å². The number of benzene rings is 2. The van der Waals surface area contributed by atoms with Crippen molar-refractivity contribution in [2.24, 2.45) is 0 Å². The molecule has 108 valence electrons. The van der Waals surface area contributed by atoms with Crippen molar-refractivity contribution in [1.82, 2.24) is 14.8 Å². The van der Waals surface area contributed by atoms with Gasteiger partial charge in [0.1, 0.15) is 5.75 Å². The fourth-order valence-electron chi connectivity index (χ4n) is 2.90. The summed E-state index contributed by atoms with van der Waals surface area (Å²) in [5.74, 6) is 2.64. The lowest BCUT2D eigenvalue weighted by Gasteiger charge is -2.05. The van der Waals surface area contributed by atoms with Crippen LogP contribution in [0.1, 0.15) is 18.4 Å². The second kappa shape index (κ2) is 4.44. The predicted octanol–water partition coefficient (Wildman–Crippen LogP) is 3.52. The molecule has 2 aliphatic rings. The molecule has 0 atom stereocenters. The van der Waals surface area contributed by atoms with Crippen LogP contribution in [0.4, 0.5) is 0 Å². The van der Waals surface area contributed by atoms with E-state index in [2.05, 4.69) is 23.3 Å². The molecule has 3 aromatic rings. The molecule has 2 aromatic carbocycles. The minimum atomic E-state index is 0.405. The maximum Gasteiger partial charge on any atom is 0.181 e. The third-order valence-electron chi connectivity index (χ3n) is 4.17. The zero-order valence-electron chi connectivity index (χ0n) is 12.1. The molecule has 1 aliphatic heterocycles. The minimum absolute atomic E-state index is 0.405. The highest BCUT2D eigenvalue weighted by atomic mass is 16.5. The average molecular weight is 289 g/mol. The first-order chi connectivity index (χ1) is 10.9. The number of hydrogen-bond donors (Lipinski definition) is 0. The van der Waals surface area contributed by atoms with Gasteiger partial charge in [-0.3, -0.25) is 0 Å². The number of aromatic nitrogens is 3. The Labute approximate surface area is 128 Å². The van der Waals surface area contributed by atoms with Gasteiger partial charge in [-0.25, -0.2) is 9.67 Å². The second-order valence-electron chi connectivity index (χ2n) is 5.92. The molecule has 0 N–H and O–H groups in total. The molecule has 0 saturated heterocycles. The quantitative estimate of drug-likeness (QED) is 0.579. The molecule has 0 unspecified atom stereocenters. The lowest BCUT2D eigenvalue weighted by atomic mass is 10.1. The van der Waals surface area contributed by atoms with Gasteiger partial charge in [-0.05, 0) is 30.5 Å². The molecule has 1 fully saturated rings. The minimum Gasteiger partial charge on any atom is -0.490 e. The van der Waals surface area contributed by atoms with Gasteiger partial charge in [-0.2, -0.15) is 5.10 Å². The van der Waals surface area contributed by atoms with Crippen LogP contribution in [0.15, 0.2) is 48.5 Å². The van der Waals surface area contributed by atoms with Crippen molar-refractivity contribution >= 4 is 0 Å². The number of hydrogen-bond acceptors (Lipinski definition) is 3. The summed E-state index contributed by atoms with van der Waals surface area (Å²) in [7, 11) is 0. The summed E-state index contributed by atoms with van der Waals surface area (Å²) in [6.07, 6.45) is 2.73. The molecular weight excluding hydrogens is 274 g/mol. The average Bonchev–Trinajstić information content (AvgIpc) is 3.14. The predicted molar refractivity (Wildman–Crippen MR) is 83.6 cm³/mol. The van der Waals surface area contributed by atoms with E-state index in [4.69, 9.17) is 9.72 Å². The third kappa shape index (κ3) is 1.91. The Morgan fingerprint density at radius 3 is 2.86 bits per heavy atom. The van der Waals surface area contributed by atoms with E-state index < -0.39 is 0 Å². The molecule has 4 heteroatoms. The Balaban J connectivity index is 1.53. The van der Waals surface area contributed by atoms with Crippen LogP contribution in [-0.4, -0.2) is 20.9 Å². The lowest BCUT2D eigenvalue weighted by Crippen LogP contribution is -1.97. The fourth-order valence-corrected chi connectivity index (χ4v) is 2.90. The Kier molecular flexibility index (Phi) is 2.41. The number of fused-ring (bicyclic) bond motifs is 3. The van der Waals surface area contributed by atoms with Crippen molar-refractivity contribution in [2.75, 3.05) is 0 Å². The fraction of sp³-hybridized carbons (Fsp3) is 0.222. The van der Waals surface area contributed by atoms with E-state index >= 15 is 0 Å². The standard InChI is InChI=1S/C18H15N3O/c1-2-7-16-13(4-1)11-21-18(16)19-17(20-21)12-5-3-6-15(10-12)22-14-8-9-14/h1-7,10,14H,8-9,11H2. The monoisotopic (exact) mass is 289 g/mol. The summed E-state index contributed by atoms with van der Waals surface area (Å²) in [4.78, 5) is 4.73. The van der Waals surface area contributed by atoms with Crippen molar-refractivity contribution in [3.63, 3.8) is 0 Å². The Bertz CT molecular complexity index is 864. The number of ether oxygens (including phenoxy) is 1. The van der Waals surface area contributed by atoms with Gasteiger partial charge in [-0.15, -0.1) is 0 Å². The highest BCUT2D eigenvalue weighted by Crippen LogP contribution is 2.33. The zero-order chi connectivity index (χ0) is 14.5. The molecule has 5 rings (SSSR count). The van der Waals surface area contributed by atoms with Crippen LogP contribution in [0.25, 0.3) is 22.8 Å². The van der Waals surface area contributed by atoms with E-state index in [-0.39, 0.29) is 0 Å². The summed E-state index contributed by atoms with van der Waals surface area (Å²) in [5.41, 5.74) is 3.49. The van der Waals surface area contributed by atoms with Crippen LogP contribution in [-0.2, 0) is 6.54 Å². The molecule has 1 saturated carbocycles. The van der Waals surface area contributed by atoms with Gasteiger partial charge in [0.05, 0.1) is 12.6 Å². The van der Waals surface area contributed by atoms with Crippen LogP contribution in [0, 0.1) is 0 Å². The van der Waals surface area contributed by atoms with Crippen molar-refractivity contribution < 1.29 is 4.74 Å². The molecular formula is C18H15N3O. The van der Waals surface area contributed by atoms with Gasteiger partial charge in [-0.1, -0.05) is 36.4 Å². The molecule has 1 aromatic heterocycles. The van der Waals surface area contributed by atoms with Crippen LogP contribution < -0.4 is 4.74 Å². The van der Waals surface area contributed by atoms with Crippen molar-refractivity contribution in [1.29, 1.82) is 0 Å². The van der Waals surface area contributed by atoms with Crippen LogP contribution in [0.5, 0.6) is 5.75 Å². The maximum atomic E-state index is 5.86. The summed E-state index contributed by atoms with van der Waals surface area (Å²) in [6, 6.07) is 16.4. The molecule has 0 bridgehead atoms. The number of rotatable bonds is 3. The summed E-state index contributed by atoms with van der Waals surface area (Å²) in [6.45, 7) is 0.802. The maximum absolute atomic E-state index is 5.86. The van der Waals surface area contributed by atoms with Gasteiger partial charge in [0.15, 0.2) is 11.6 Å². The number of nitrogens with zero attached hydrogens (tertiary/aromatic N) is 3. The third-order valence-corrected chi connectivity index (χ3v) is 4.17. The first-order valence-corrected chi connectivity index (χ1v) is 7.67. The van der Waals surface area contributed by atoms with Crippen molar-refractivity contribution in [2.45, 2.75) is 25.5 Å². The highest BCUT2D eigenvalue weighted by molar-refractivity contribution is 5.68. The molecule has 0 radical (unpaired) electrons. The van der Waals surface area contributed by atoms with Gasteiger partial charge < -0.3 is 4.74 Å². The van der Waals surface area contributed by atoms with E-state index in [1.54, 1.807) is 0 Å². The zero-order valence-corrected chi connectivity index (χ0v) is 12.1. The smallest absolute Gasteiger partial charge is 0.181 e. The van der Waals surface area contributed by atoms with E-state index in [1.165, 1.54) is 11.1 Å². The SMILES string of the molecule is c1cc(OC2CC2)cc(-c2nc3n(n2)Cc2ccccc2-3)c1. The Hall–Kier alpha value is -2.62. The largest absolute Gasteiger partial charge is 0.490 e. The van der Waals surface area contributed by atoms with Gasteiger partial charge in [0.2, 0.25) is 0 Å². The van der Waals surface area contributed by atoms with Crippen LogP contribution >= 0.6 is 0 Å². The summed E-state index contributed by atoms with van der Waals surface area (Å²) >= 11 is 0. The highest BCUT2D eigenvalue weighted by Gasteiger charge is 2.24. The Morgan fingerprint density at radius 1 is 1.05 bits per heavy atom. The summed E-state index contributed by atoms with van der Waals surface area (Å²) < 4.78 is 7.84. The Morgan fingerprint density at radius 2 is 1.95 bits per heavy atom. The molecule has 4 nitrogen and oxygen atoms in total. The van der Waals surface area contributed by atoms with Crippen LogP contribution in [0.2, 0.25) is 0 Å². The normalized spacial score (nSPS) is 15.5. The van der Waals surface area contributed by atoms with Crippen LogP contribution in [0.3, 0.4) is 0 Å². The van der Waals surface area contributed by atoms with E-state index in [9.17, 15) is 0 Å². The van der Waals surface area contributed by atoms with E-state index in [0.29, 0.717) is 6.10 Å². The summed E-state index contributed by atoms with van der Waals surface area (Å²) in [5, 5.41) is 4.66. The topological polar surface area (TPSA) is 39.9 Å². The van der Waals surface area contributed by atoms with Gasteiger partial charge in [0.25, 0.3) is 0 Å². The van der Waals surface area contributed by atoms with Crippen molar-refractivity contribution in [3.05, 3.63) is 54.1 Å². The molecule has 1 aliphatic carbocycles. The second-order valence-corrected chi connectivity index (χ2v) is 5.92. The molecule has 22 heavy (non-hydrogen) atoms. The molecule has 0 spiro atoms. The molecule has 2 heterocycles. The first kappa shape index (κ1) is 12.0.